The Labute approximate surface area is 143 Å². The molecule has 0 unspecified atom stereocenters. The second-order valence-corrected chi connectivity index (χ2v) is 5.91. The lowest BCUT2D eigenvalue weighted by Crippen LogP contribution is -2.39. The lowest BCUT2D eigenvalue weighted by atomic mass is 10.0. The molecule has 25 heavy (non-hydrogen) atoms. The third-order valence-electron chi connectivity index (χ3n) is 4.13. The van der Waals surface area contributed by atoms with Crippen molar-refractivity contribution in [3.05, 3.63) is 41.5 Å². The van der Waals surface area contributed by atoms with E-state index in [1.807, 2.05) is 0 Å². The highest BCUT2D eigenvalue weighted by Crippen LogP contribution is 2.30. The van der Waals surface area contributed by atoms with Gasteiger partial charge in [-0.1, -0.05) is 12.1 Å². The second-order valence-electron chi connectivity index (χ2n) is 5.91. The molecular formula is C17H20F3N3O2. The van der Waals surface area contributed by atoms with Gasteiger partial charge in [-0.15, -0.1) is 0 Å². The molecule has 0 saturated carbocycles. The van der Waals surface area contributed by atoms with Crippen molar-refractivity contribution in [2.24, 2.45) is 5.73 Å². The number of halogens is 3. The first-order valence-electron chi connectivity index (χ1n) is 7.87. The van der Waals surface area contributed by atoms with E-state index in [9.17, 15) is 22.8 Å². The maximum absolute atomic E-state index is 12.6. The minimum absolute atomic E-state index is 0.233. The van der Waals surface area contributed by atoms with E-state index in [2.05, 4.69) is 0 Å². The van der Waals surface area contributed by atoms with Crippen molar-refractivity contribution in [3.63, 3.8) is 0 Å². The Morgan fingerprint density at radius 1 is 1.04 bits per heavy atom. The molecule has 2 rings (SSSR count). The van der Waals surface area contributed by atoms with Crippen LogP contribution in [0.5, 0.6) is 0 Å². The summed E-state index contributed by atoms with van der Waals surface area (Å²) in [5, 5.41) is 0. The number of primary amides is 1. The van der Waals surface area contributed by atoms with E-state index >= 15 is 0 Å². The number of hydrogen-bond donors (Lipinski definition) is 1. The number of carbonyl (C=O) groups is 2. The summed E-state index contributed by atoms with van der Waals surface area (Å²) >= 11 is 0. The molecule has 0 spiro atoms. The van der Waals surface area contributed by atoms with E-state index < -0.39 is 17.8 Å². The van der Waals surface area contributed by atoms with E-state index in [1.54, 1.807) is 11.8 Å². The van der Waals surface area contributed by atoms with Crippen LogP contribution < -0.4 is 5.73 Å². The van der Waals surface area contributed by atoms with E-state index in [0.29, 0.717) is 43.7 Å². The number of hydrogen-bond acceptors (Lipinski definition) is 2. The Morgan fingerprint density at radius 2 is 1.60 bits per heavy atom. The van der Waals surface area contributed by atoms with Crippen LogP contribution in [-0.4, -0.2) is 47.9 Å². The maximum atomic E-state index is 12.6. The fourth-order valence-corrected chi connectivity index (χ4v) is 2.64. The van der Waals surface area contributed by atoms with Gasteiger partial charge in [0.25, 0.3) is 0 Å². The zero-order valence-corrected chi connectivity index (χ0v) is 13.8. The molecule has 0 aliphatic carbocycles. The number of nitrogens with zero attached hydrogens (tertiary/aromatic N) is 2. The van der Waals surface area contributed by atoms with E-state index in [4.69, 9.17) is 5.73 Å². The van der Waals surface area contributed by atoms with Crippen LogP contribution in [0.4, 0.5) is 18.0 Å². The normalized spacial score (nSPS) is 16.6. The quantitative estimate of drug-likeness (QED) is 0.829. The number of urea groups is 1. The largest absolute Gasteiger partial charge is 0.416 e. The average molecular weight is 355 g/mol. The lowest BCUT2D eigenvalue weighted by molar-refractivity contribution is -0.137. The van der Waals surface area contributed by atoms with Crippen molar-refractivity contribution in [2.75, 3.05) is 26.2 Å². The number of alkyl halides is 3. The smallest absolute Gasteiger partial charge is 0.351 e. The molecule has 1 aromatic carbocycles. The molecule has 1 fully saturated rings. The molecule has 1 aliphatic heterocycles. The van der Waals surface area contributed by atoms with Crippen LogP contribution >= 0.6 is 0 Å². The van der Waals surface area contributed by atoms with Gasteiger partial charge in [0, 0.05) is 32.3 Å². The van der Waals surface area contributed by atoms with Gasteiger partial charge in [0.2, 0.25) is 5.91 Å². The highest BCUT2D eigenvalue weighted by molar-refractivity contribution is 5.95. The lowest BCUT2D eigenvalue weighted by Gasteiger charge is -2.20. The summed E-state index contributed by atoms with van der Waals surface area (Å²) in [7, 11) is 0. The number of nitrogens with two attached hydrogens (primary N) is 1. The van der Waals surface area contributed by atoms with Crippen molar-refractivity contribution in [2.45, 2.75) is 19.5 Å². The summed E-state index contributed by atoms with van der Waals surface area (Å²) in [6.45, 7) is 3.42. The number of allylic oxidation sites excluding steroid dienone is 1. The molecule has 1 aromatic rings. The average Bonchev–Trinajstić information content (AvgIpc) is 2.80. The first-order chi connectivity index (χ1) is 11.7. The molecular weight excluding hydrogens is 335 g/mol. The fraction of sp³-hybridized carbons (Fsp3) is 0.412. The molecule has 0 radical (unpaired) electrons. The molecule has 0 bridgehead atoms. The van der Waals surface area contributed by atoms with Crippen molar-refractivity contribution < 1.29 is 22.8 Å². The van der Waals surface area contributed by atoms with Gasteiger partial charge in [0.05, 0.1) is 5.56 Å². The summed E-state index contributed by atoms with van der Waals surface area (Å²) in [6, 6.07) is 4.17. The number of amides is 3. The Kier molecular flexibility index (Phi) is 5.71. The molecule has 0 atom stereocenters. The number of benzene rings is 1. The highest BCUT2D eigenvalue weighted by Gasteiger charge is 2.30. The summed E-state index contributed by atoms with van der Waals surface area (Å²) in [5.41, 5.74) is 5.65. The molecule has 5 nitrogen and oxygen atoms in total. The Hall–Kier alpha value is -2.51. The third-order valence-corrected chi connectivity index (χ3v) is 4.13. The van der Waals surface area contributed by atoms with Gasteiger partial charge < -0.3 is 15.5 Å². The Balaban J connectivity index is 2.06. The summed E-state index contributed by atoms with van der Waals surface area (Å²) < 4.78 is 37.8. The van der Waals surface area contributed by atoms with Gasteiger partial charge in [0.1, 0.15) is 0 Å². The highest BCUT2D eigenvalue weighted by atomic mass is 19.4. The Bertz CT molecular complexity index is 669. The van der Waals surface area contributed by atoms with Gasteiger partial charge in [-0.25, -0.2) is 4.79 Å². The van der Waals surface area contributed by atoms with Crippen LogP contribution in [0.15, 0.2) is 30.3 Å². The molecule has 1 heterocycles. The summed E-state index contributed by atoms with van der Waals surface area (Å²) in [6.07, 6.45) is -2.35. The van der Waals surface area contributed by atoms with Crippen LogP contribution in [-0.2, 0) is 11.0 Å². The predicted molar refractivity (Wildman–Crippen MR) is 87.4 cm³/mol. The number of carbonyl (C=O) groups excluding carboxylic acids is 2. The molecule has 3 amide bonds. The Morgan fingerprint density at radius 3 is 2.16 bits per heavy atom. The van der Waals surface area contributed by atoms with Crippen LogP contribution in [0.3, 0.4) is 0 Å². The first-order valence-corrected chi connectivity index (χ1v) is 7.87. The SMILES string of the molecule is C/C(=C/C(=O)N1CCCN(C(N)=O)CC1)c1ccc(C(F)(F)F)cc1. The van der Waals surface area contributed by atoms with Crippen molar-refractivity contribution >= 4 is 17.5 Å². The first kappa shape index (κ1) is 18.8. The van der Waals surface area contributed by atoms with Gasteiger partial charge in [0.15, 0.2) is 0 Å². The predicted octanol–water partition coefficient (Wildman–Crippen LogP) is 2.72. The van der Waals surface area contributed by atoms with E-state index in [0.717, 1.165) is 12.1 Å². The van der Waals surface area contributed by atoms with Gasteiger partial charge in [-0.3, -0.25) is 4.79 Å². The molecule has 2 N–H and O–H groups in total. The summed E-state index contributed by atoms with van der Waals surface area (Å²) in [4.78, 5) is 26.7. The van der Waals surface area contributed by atoms with E-state index in [-0.39, 0.29) is 5.91 Å². The minimum Gasteiger partial charge on any atom is -0.351 e. The zero-order valence-electron chi connectivity index (χ0n) is 13.8. The molecule has 0 aromatic heterocycles. The van der Waals surface area contributed by atoms with Crippen molar-refractivity contribution in [1.29, 1.82) is 0 Å². The van der Waals surface area contributed by atoms with Gasteiger partial charge in [-0.05, 0) is 36.6 Å². The van der Waals surface area contributed by atoms with Crippen LogP contribution in [0.1, 0.15) is 24.5 Å². The molecule has 136 valence electrons. The minimum atomic E-state index is -4.38. The third kappa shape index (κ3) is 4.98. The maximum Gasteiger partial charge on any atom is 0.416 e. The summed E-state index contributed by atoms with van der Waals surface area (Å²) in [5.74, 6) is -0.233. The fourth-order valence-electron chi connectivity index (χ4n) is 2.64. The van der Waals surface area contributed by atoms with Crippen molar-refractivity contribution in [1.82, 2.24) is 9.80 Å². The van der Waals surface area contributed by atoms with Crippen LogP contribution in [0, 0.1) is 0 Å². The molecule has 1 saturated heterocycles. The monoisotopic (exact) mass is 355 g/mol. The standard InChI is InChI=1S/C17H20F3N3O2/c1-12(13-3-5-14(6-4-13)17(18,19)20)11-15(24)22-7-2-8-23(10-9-22)16(21)25/h3-6,11H,2,7-10H2,1H3,(H2,21,25)/b12-11-. The molecule has 8 heteroatoms. The van der Waals surface area contributed by atoms with Gasteiger partial charge >= 0.3 is 12.2 Å². The van der Waals surface area contributed by atoms with Crippen molar-refractivity contribution in [3.8, 4) is 0 Å². The molecule has 1 aliphatic rings. The van der Waals surface area contributed by atoms with Crippen LogP contribution in [0.25, 0.3) is 5.57 Å². The zero-order chi connectivity index (χ0) is 18.6. The number of rotatable bonds is 2. The topological polar surface area (TPSA) is 66.6 Å². The van der Waals surface area contributed by atoms with Crippen LogP contribution in [0.2, 0.25) is 0 Å². The van der Waals surface area contributed by atoms with Gasteiger partial charge in [-0.2, -0.15) is 13.2 Å². The second kappa shape index (κ2) is 7.58. The van der Waals surface area contributed by atoms with E-state index in [1.165, 1.54) is 23.1 Å².